The number of nitrogens with one attached hydrogen (secondary N) is 1. The van der Waals surface area contributed by atoms with Gasteiger partial charge in [-0.1, -0.05) is 29.8 Å². The van der Waals surface area contributed by atoms with Gasteiger partial charge in [0.1, 0.15) is 17.6 Å². The molecule has 0 spiro atoms. The zero-order chi connectivity index (χ0) is 29.0. The first kappa shape index (κ1) is 30.1. The van der Waals surface area contributed by atoms with Gasteiger partial charge in [-0.2, -0.15) is 0 Å². The lowest BCUT2D eigenvalue weighted by molar-refractivity contribution is -0.136. The lowest BCUT2D eigenvalue weighted by Crippen LogP contribution is -2.35. The highest BCUT2D eigenvalue weighted by Crippen LogP contribution is 2.37. The van der Waals surface area contributed by atoms with Gasteiger partial charge in [0.2, 0.25) is 0 Å². The minimum Gasteiger partial charge on any atom is -0.466 e. The second-order valence-corrected chi connectivity index (χ2v) is 9.50. The predicted molar refractivity (Wildman–Crippen MR) is 153 cm³/mol. The third-order valence-electron chi connectivity index (χ3n) is 6.07. The van der Waals surface area contributed by atoms with Crippen molar-refractivity contribution in [3.8, 4) is 0 Å². The van der Waals surface area contributed by atoms with Gasteiger partial charge in [0, 0.05) is 40.8 Å². The molecule has 0 aliphatic carbocycles. The molecule has 41 heavy (non-hydrogen) atoms. The lowest BCUT2D eigenvalue weighted by Gasteiger charge is -2.28. The van der Waals surface area contributed by atoms with Gasteiger partial charge >= 0.3 is 5.97 Å². The first-order chi connectivity index (χ1) is 20.0. The molecular formula is C28H34ClN7O5. The van der Waals surface area contributed by atoms with Crippen molar-refractivity contribution in [3.63, 3.8) is 0 Å². The van der Waals surface area contributed by atoms with E-state index in [1.165, 1.54) is 7.11 Å². The van der Waals surface area contributed by atoms with Gasteiger partial charge in [0.15, 0.2) is 0 Å². The number of methoxy groups -OCH3 is 1. The van der Waals surface area contributed by atoms with Gasteiger partial charge in [0.25, 0.3) is 0 Å². The van der Waals surface area contributed by atoms with E-state index in [0.29, 0.717) is 59.9 Å². The van der Waals surface area contributed by atoms with Crippen LogP contribution in [0.1, 0.15) is 36.2 Å². The number of aromatic nitrogens is 4. The molecular weight excluding hydrogens is 550 g/mol. The van der Waals surface area contributed by atoms with E-state index in [0.717, 1.165) is 18.6 Å². The largest absolute Gasteiger partial charge is 0.466 e. The Kier molecular flexibility index (Phi) is 11.2. The average molecular weight is 584 g/mol. The number of anilines is 1. The monoisotopic (exact) mass is 583 g/mol. The fraction of sp³-hybridized carbons (Fsp3) is 0.393. The molecule has 0 radical (unpaired) electrons. The summed E-state index contributed by atoms with van der Waals surface area (Å²) in [6.07, 6.45) is 6.10. The van der Waals surface area contributed by atoms with Crippen molar-refractivity contribution in [2.24, 2.45) is 4.99 Å². The number of pyridine rings is 1. The molecule has 12 nitrogen and oxygen atoms in total. The van der Waals surface area contributed by atoms with Crippen molar-refractivity contribution in [1.29, 1.82) is 0 Å². The predicted octanol–water partition coefficient (Wildman–Crippen LogP) is 3.09. The molecule has 0 bridgehead atoms. The minimum atomic E-state index is -0.758. The third-order valence-corrected chi connectivity index (χ3v) is 6.40. The minimum absolute atomic E-state index is 0.0470. The topological polar surface area (TPSA) is 148 Å². The Labute approximate surface area is 243 Å². The summed E-state index contributed by atoms with van der Waals surface area (Å²) in [6.45, 7) is 5.16. The Hall–Kier alpha value is -3.84. The summed E-state index contributed by atoms with van der Waals surface area (Å²) in [7, 11) is 1.32. The summed E-state index contributed by atoms with van der Waals surface area (Å²) in [6, 6.07) is 7.96. The fourth-order valence-corrected chi connectivity index (χ4v) is 4.39. The van der Waals surface area contributed by atoms with Crippen LogP contribution in [0, 0.1) is 0 Å². The first-order valence-corrected chi connectivity index (χ1v) is 13.6. The number of halogens is 1. The number of nitrogens with zero attached hydrogens (tertiary/aromatic N) is 5. The van der Waals surface area contributed by atoms with Crippen molar-refractivity contribution in [2.75, 3.05) is 45.9 Å². The van der Waals surface area contributed by atoms with Crippen LogP contribution in [0.3, 0.4) is 0 Å². The van der Waals surface area contributed by atoms with E-state index in [9.17, 15) is 4.79 Å². The van der Waals surface area contributed by atoms with E-state index in [4.69, 9.17) is 41.3 Å². The molecule has 1 atom stereocenters. The van der Waals surface area contributed by atoms with Crippen molar-refractivity contribution in [1.82, 2.24) is 25.3 Å². The Morgan fingerprint density at radius 2 is 1.85 bits per heavy atom. The van der Waals surface area contributed by atoms with Crippen LogP contribution in [0.2, 0.25) is 5.02 Å². The number of ether oxygens (including phenoxy) is 4. The standard InChI is InChI=1S/C28H34ClN7O5/c1-3-11-39-13-14-40-12-10-36-16-21(34-35-36)17-41-18-24-25(28(37)38-2)26(22-5-4-20(30)15-23(22)29)33-27(32-24)19-6-8-31-9-7-19/h4-9,15-16,26H,3,10-14,17-18,30H2,1-2H3,(H,32,33). The molecule has 3 aromatic rings. The molecule has 1 aliphatic heterocycles. The summed E-state index contributed by atoms with van der Waals surface area (Å²) in [5.74, 6) is -0.0276. The Balaban J connectivity index is 1.47. The molecule has 0 saturated carbocycles. The number of hydrogen-bond donors (Lipinski definition) is 2. The van der Waals surface area contributed by atoms with Crippen LogP contribution in [0.4, 0.5) is 5.69 Å². The highest BCUT2D eigenvalue weighted by atomic mass is 35.5. The Bertz CT molecular complexity index is 1360. The molecule has 1 aromatic carbocycles. The van der Waals surface area contributed by atoms with Crippen molar-refractivity contribution < 1.29 is 23.7 Å². The maximum atomic E-state index is 13.0. The van der Waals surface area contributed by atoms with E-state index in [2.05, 4.69) is 27.5 Å². The second kappa shape index (κ2) is 15.2. The van der Waals surface area contributed by atoms with E-state index in [1.54, 1.807) is 41.5 Å². The van der Waals surface area contributed by atoms with E-state index < -0.39 is 12.0 Å². The van der Waals surface area contributed by atoms with Crippen molar-refractivity contribution in [3.05, 3.63) is 82.0 Å². The van der Waals surface area contributed by atoms with Gasteiger partial charge in [-0.05, 0) is 30.7 Å². The average Bonchev–Trinajstić information content (AvgIpc) is 3.44. The summed E-state index contributed by atoms with van der Waals surface area (Å²) >= 11 is 6.56. The lowest BCUT2D eigenvalue weighted by atomic mass is 9.95. The number of carbonyl (C=O) groups is 1. The molecule has 0 amide bonds. The Morgan fingerprint density at radius 1 is 1.07 bits per heavy atom. The number of amidine groups is 1. The third kappa shape index (κ3) is 8.33. The van der Waals surface area contributed by atoms with Crippen LogP contribution in [0.25, 0.3) is 0 Å². The smallest absolute Gasteiger partial charge is 0.338 e. The molecule has 2 aromatic heterocycles. The number of rotatable bonds is 15. The van der Waals surface area contributed by atoms with Crippen molar-refractivity contribution >= 4 is 29.1 Å². The zero-order valence-electron chi connectivity index (χ0n) is 23.1. The van der Waals surface area contributed by atoms with Crippen LogP contribution >= 0.6 is 11.6 Å². The van der Waals surface area contributed by atoms with Gasteiger partial charge in [-0.25, -0.2) is 9.48 Å². The SMILES string of the molecule is CCCOCCOCCn1cc(COCC2=C(C(=O)OC)C(c3ccc(N)cc3Cl)N=C(c3ccncc3)N2)nn1. The summed E-state index contributed by atoms with van der Waals surface area (Å²) in [5.41, 5.74) is 9.20. The summed E-state index contributed by atoms with van der Waals surface area (Å²) in [4.78, 5) is 22.0. The van der Waals surface area contributed by atoms with E-state index >= 15 is 0 Å². The van der Waals surface area contributed by atoms with E-state index in [-0.39, 0.29) is 18.8 Å². The molecule has 4 rings (SSSR count). The zero-order valence-corrected chi connectivity index (χ0v) is 23.8. The quantitative estimate of drug-likeness (QED) is 0.155. The van der Waals surface area contributed by atoms with Gasteiger partial charge in [-0.15, -0.1) is 5.10 Å². The number of benzene rings is 1. The maximum absolute atomic E-state index is 13.0. The van der Waals surface area contributed by atoms with Crippen LogP contribution in [0.5, 0.6) is 0 Å². The highest BCUT2D eigenvalue weighted by molar-refractivity contribution is 6.31. The van der Waals surface area contributed by atoms with Crippen LogP contribution in [0.15, 0.2) is 65.2 Å². The normalized spacial score (nSPS) is 15.0. The summed E-state index contributed by atoms with van der Waals surface area (Å²) in [5, 5.41) is 11.9. The van der Waals surface area contributed by atoms with Crippen LogP contribution in [-0.2, 0) is 36.9 Å². The molecule has 3 heterocycles. The Morgan fingerprint density at radius 3 is 2.59 bits per heavy atom. The maximum Gasteiger partial charge on any atom is 0.338 e. The number of esters is 1. The van der Waals surface area contributed by atoms with Gasteiger partial charge < -0.3 is 30.0 Å². The van der Waals surface area contributed by atoms with E-state index in [1.807, 2.05) is 12.1 Å². The summed E-state index contributed by atoms with van der Waals surface area (Å²) < 4.78 is 23.8. The molecule has 3 N–H and O–H groups in total. The highest BCUT2D eigenvalue weighted by Gasteiger charge is 2.33. The second-order valence-electron chi connectivity index (χ2n) is 9.10. The number of nitrogens with two attached hydrogens (primary N) is 1. The molecule has 1 unspecified atom stereocenters. The fourth-order valence-electron chi connectivity index (χ4n) is 4.10. The van der Waals surface area contributed by atoms with Gasteiger partial charge in [0.05, 0.1) is 64.2 Å². The molecule has 13 heteroatoms. The van der Waals surface area contributed by atoms with Crippen LogP contribution in [-0.4, -0.2) is 71.9 Å². The first-order valence-electron chi connectivity index (χ1n) is 13.2. The molecule has 1 aliphatic rings. The van der Waals surface area contributed by atoms with Crippen molar-refractivity contribution in [2.45, 2.75) is 32.5 Å². The number of aliphatic imine (C=N–C) groups is 1. The number of carbonyl (C=O) groups excluding carboxylic acids is 1. The molecule has 0 saturated heterocycles. The number of nitrogen functional groups attached to an aromatic ring is 1. The molecule has 0 fully saturated rings. The molecule has 218 valence electrons. The van der Waals surface area contributed by atoms with Gasteiger partial charge in [-0.3, -0.25) is 9.98 Å². The van der Waals surface area contributed by atoms with Crippen LogP contribution < -0.4 is 11.1 Å². The number of hydrogen-bond acceptors (Lipinski definition) is 11.